The second kappa shape index (κ2) is 13.8. The molecule has 0 aliphatic rings. The van der Waals surface area contributed by atoms with Gasteiger partial charge < -0.3 is 0 Å². The van der Waals surface area contributed by atoms with E-state index in [9.17, 15) is 17.4 Å². The number of rotatable bonds is 7. The maximum absolute atomic E-state index is 14.4. The Balaban J connectivity index is 0.000000642. The normalized spacial score (nSPS) is 14.5. The molecule has 3 atom stereocenters. The van der Waals surface area contributed by atoms with Crippen molar-refractivity contribution in [3.63, 3.8) is 0 Å². The molecule has 0 saturated carbocycles. The van der Waals surface area contributed by atoms with Crippen LogP contribution in [-0.4, -0.2) is 21.0 Å². The summed E-state index contributed by atoms with van der Waals surface area (Å²) in [6.07, 6.45) is 3.47. The molecule has 2 aromatic rings. The minimum atomic E-state index is -3.52. The fourth-order valence-corrected chi connectivity index (χ4v) is 5.30. The molecule has 0 amide bonds. The van der Waals surface area contributed by atoms with Crippen LogP contribution in [0.1, 0.15) is 57.2 Å². The van der Waals surface area contributed by atoms with E-state index in [-0.39, 0.29) is 10.9 Å². The first kappa shape index (κ1) is 30.9. The summed E-state index contributed by atoms with van der Waals surface area (Å²) in [5.41, 5.74) is 4.37. The summed E-state index contributed by atoms with van der Waals surface area (Å²) in [6.45, 7) is 16.4. The lowest BCUT2D eigenvalue weighted by molar-refractivity contribution is 0.436. The maximum Gasteiger partial charge on any atom is 0.196 e. The second-order valence-electron chi connectivity index (χ2n) is 8.49. The summed E-state index contributed by atoms with van der Waals surface area (Å²) >= 11 is 0. The highest BCUT2D eigenvalue weighted by Crippen LogP contribution is 2.25. The smallest absolute Gasteiger partial charge is 0.196 e. The molecule has 2 rings (SSSR count). The van der Waals surface area contributed by atoms with E-state index in [4.69, 9.17) is 0 Å². The van der Waals surface area contributed by atoms with E-state index in [1.165, 1.54) is 18.1 Å². The molecule has 0 saturated heterocycles. The van der Waals surface area contributed by atoms with Crippen molar-refractivity contribution in [2.24, 2.45) is 4.99 Å². The fraction of sp³-hybridized carbons (Fsp3) is 0.370. The van der Waals surface area contributed by atoms with Crippen LogP contribution >= 0.6 is 9.24 Å². The van der Waals surface area contributed by atoms with E-state index in [0.717, 1.165) is 24.1 Å². The van der Waals surface area contributed by atoms with Crippen molar-refractivity contribution < 1.29 is 17.4 Å². The molecule has 0 spiro atoms. The summed E-state index contributed by atoms with van der Waals surface area (Å²) in [7, 11) is -1.51. The standard InChI is InChI=1S/C19H26F3N2OPS.C8H10/c1-7-9-12(4)23-10-11(3)14(6)24-27(25,8-2)19-13(5)18(26)16(21)15(20)17(19)22;1-7-3-5-8(2)6-4-7/h10,14H,2,7,9,26H2,1,3-6H3,(H,24,25);3-6H,1-2H3/b11-10+,23-12?;. The van der Waals surface area contributed by atoms with Crippen molar-refractivity contribution in [1.29, 1.82) is 0 Å². The van der Waals surface area contributed by atoms with Crippen LogP contribution in [0, 0.1) is 38.2 Å². The number of hydrogen-bond acceptors (Lipinski definition) is 2. The predicted octanol–water partition coefficient (Wildman–Crippen LogP) is 6.50. The SMILES string of the molecule is C=C=S(=O)(NC(C)/C(C)=C/N=C(C)CCC)c1c(C)c(P)c(F)c(F)c1F.Cc1ccc(C)cc1. The molecule has 3 unspecified atom stereocenters. The topological polar surface area (TPSA) is 41.5 Å². The highest BCUT2D eigenvalue weighted by atomic mass is 32.2. The first-order valence-electron chi connectivity index (χ1n) is 11.3. The van der Waals surface area contributed by atoms with Crippen molar-refractivity contribution in [2.45, 2.75) is 72.2 Å². The van der Waals surface area contributed by atoms with Crippen molar-refractivity contribution >= 4 is 35.0 Å². The average Bonchev–Trinajstić information content (AvgIpc) is 2.82. The van der Waals surface area contributed by atoms with Crippen LogP contribution in [-0.2, 0) is 9.71 Å². The molecule has 1 N–H and O–H groups in total. The van der Waals surface area contributed by atoms with Gasteiger partial charge in [0.1, 0.15) is 9.71 Å². The molecule has 0 bridgehead atoms. The molecule has 2 aromatic carbocycles. The fourth-order valence-electron chi connectivity index (χ4n) is 3.01. The molecule has 3 nitrogen and oxygen atoms in total. The van der Waals surface area contributed by atoms with Gasteiger partial charge in [-0.1, -0.05) is 48.7 Å². The Morgan fingerprint density at radius 3 is 2.09 bits per heavy atom. The molecule has 0 aromatic heterocycles. The molecular weight excluding hydrogens is 488 g/mol. The number of aliphatic imine (C=N–C) groups is 1. The lowest BCUT2D eigenvalue weighted by Gasteiger charge is -2.21. The van der Waals surface area contributed by atoms with Gasteiger partial charge in [0.05, 0.1) is 4.90 Å². The summed E-state index contributed by atoms with van der Waals surface area (Å²) in [5.74, 6) is -4.50. The molecule has 8 heteroatoms. The second-order valence-corrected chi connectivity index (χ2v) is 11.1. The zero-order chi connectivity index (χ0) is 26.9. The largest absolute Gasteiger partial charge is 0.266 e. The minimum absolute atomic E-state index is 0.0238. The molecule has 0 heterocycles. The Morgan fingerprint density at radius 2 is 1.63 bits per heavy atom. The van der Waals surface area contributed by atoms with Crippen molar-refractivity contribution in [1.82, 2.24) is 4.72 Å². The van der Waals surface area contributed by atoms with Crippen LogP contribution in [0.4, 0.5) is 13.2 Å². The molecule has 0 aliphatic carbocycles. The van der Waals surface area contributed by atoms with Gasteiger partial charge in [0.2, 0.25) is 0 Å². The Labute approximate surface area is 211 Å². The predicted molar refractivity (Wildman–Crippen MR) is 148 cm³/mol. The number of nitrogens with one attached hydrogen (secondary N) is 1. The first-order valence-corrected chi connectivity index (χ1v) is 13.4. The summed E-state index contributed by atoms with van der Waals surface area (Å²) < 4.78 is 58.1. The van der Waals surface area contributed by atoms with E-state index >= 15 is 0 Å². The highest BCUT2D eigenvalue weighted by molar-refractivity contribution is 7.99. The zero-order valence-corrected chi connectivity index (χ0v) is 23.5. The van der Waals surface area contributed by atoms with Crippen LogP contribution in [0.25, 0.3) is 0 Å². The van der Waals surface area contributed by atoms with Gasteiger partial charge >= 0.3 is 0 Å². The van der Waals surface area contributed by atoms with Crippen LogP contribution in [0.2, 0.25) is 0 Å². The van der Waals surface area contributed by atoms with Gasteiger partial charge in [-0.15, -0.1) is 9.24 Å². The maximum atomic E-state index is 14.4. The monoisotopic (exact) mass is 524 g/mol. The molecule has 35 heavy (non-hydrogen) atoms. The number of benzene rings is 2. The quantitative estimate of drug-likeness (QED) is 0.191. The number of hydrogen-bond donors (Lipinski definition) is 1. The molecule has 0 radical (unpaired) electrons. The van der Waals surface area contributed by atoms with Crippen LogP contribution in [0.5, 0.6) is 0 Å². The third-order valence-electron chi connectivity index (χ3n) is 5.40. The lowest BCUT2D eigenvalue weighted by Crippen LogP contribution is -2.36. The third-order valence-corrected chi connectivity index (χ3v) is 8.24. The molecule has 0 fully saturated rings. The summed E-state index contributed by atoms with van der Waals surface area (Å²) in [4.78, 5) is 3.86. The van der Waals surface area contributed by atoms with Gasteiger partial charge in [0.25, 0.3) is 0 Å². The summed E-state index contributed by atoms with van der Waals surface area (Å²) in [5, 5.41) is 2.10. The lowest BCUT2D eigenvalue weighted by atomic mass is 10.2. The van der Waals surface area contributed by atoms with Gasteiger partial charge in [0, 0.05) is 23.3 Å². The Hall–Kier alpha value is -2.17. The van der Waals surface area contributed by atoms with Crippen molar-refractivity contribution in [2.75, 3.05) is 0 Å². The third kappa shape index (κ3) is 8.47. The molecule has 0 aliphatic heterocycles. The Morgan fingerprint density at radius 1 is 1.11 bits per heavy atom. The van der Waals surface area contributed by atoms with Crippen LogP contribution in [0.3, 0.4) is 0 Å². The number of aryl methyl sites for hydroxylation is 2. The zero-order valence-electron chi connectivity index (χ0n) is 21.6. The van der Waals surface area contributed by atoms with E-state index < -0.39 is 38.1 Å². The minimum Gasteiger partial charge on any atom is -0.266 e. The van der Waals surface area contributed by atoms with Gasteiger partial charge in [-0.25, -0.2) is 22.1 Å². The van der Waals surface area contributed by atoms with E-state index in [1.807, 2.05) is 23.1 Å². The van der Waals surface area contributed by atoms with Gasteiger partial charge in [-0.05, 0) is 70.7 Å². The van der Waals surface area contributed by atoms with Gasteiger partial charge in [-0.3, -0.25) is 4.99 Å². The molecular formula is C27H36F3N2OPS. The Kier molecular flexibility index (Phi) is 12.2. The molecule has 192 valence electrons. The van der Waals surface area contributed by atoms with Crippen LogP contribution in [0.15, 0.2) is 52.5 Å². The van der Waals surface area contributed by atoms with E-state index in [2.05, 4.69) is 59.4 Å². The number of nitrogens with zero attached hydrogens (tertiary/aromatic N) is 1. The number of halogens is 3. The first-order chi connectivity index (χ1) is 16.3. The van der Waals surface area contributed by atoms with Crippen LogP contribution < -0.4 is 10.0 Å². The van der Waals surface area contributed by atoms with Crippen molar-refractivity contribution in [3.05, 3.63) is 76.8 Å². The van der Waals surface area contributed by atoms with Crippen molar-refractivity contribution in [3.8, 4) is 0 Å². The van der Waals surface area contributed by atoms with E-state index in [0.29, 0.717) is 0 Å². The highest BCUT2D eigenvalue weighted by Gasteiger charge is 2.28. The van der Waals surface area contributed by atoms with Gasteiger partial charge in [0.15, 0.2) is 17.5 Å². The van der Waals surface area contributed by atoms with E-state index in [1.54, 1.807) is 20.0 Å². The summed E-state index contributed by atoms with van der Waals surface area (Å²) in [6, 6.07) is 7.99. The van der Waals surface area contributed by atoms with Gasteiger partial charge in [-0.2, -0.15) is 0 Å². The average molecular weight is 525 g/mol. The Bertz CT molecular complexity index is 1190.